The van der Waals surface area contributed by atoms with Crippen molar-refractivity contribution in [1.82, 2.24) is 4.98 Å². The van der Waals surface area contributed by atoms with Crippen molar-refractivity contribution in [1.29, 1.82) is 0 Å². The van der Waals surface area contributed by atoms with Crippen molar-refractivity contribution in [3.8, 4) is 0 Å². The van der Waals surface area contributed by atoms with E-state index in [9.17, 15) is 5.11 Å². The summed E-state index contributed by atoms with van der Waals surface area (Å²) >= 11 is 1.54. The summed E-state index contributed by atoms with van der Waals surface area (Å²) in [5, 5.41) is 13.7. The first kappa shape index (κ1) is 11.4. The average molecular weight is 255 g/mol. The standard InChI is InChI=1S/C15H13NOS/c1-10-16-9-14(18-10)15(17)13-8-4-6-11-5-2-3-7-12(11)13/h2-9,15,17H,1H3. The molecule has 3 rings (SSSR count). The molecule has 0 saturated carbocycles. The van der Waals surface area contributed by atoms with E-state index in [-0.39, 0.29) is 0 Å². The van der Waals surface area contributed by atoms with Crippen molar-refractivity contribution in [2.45, 2.75) is 13.0 Å². The highest BCUT2D eigenvalue weighted by Gasteiger charge is 2.15. The second kappa shape index (κ2) is 4.52. The van der Waals surface area contributed by atoms with Crippen LogP contribution in [0.2, 0.25) is 0 Å². The molecule has 0 radical (unpaired) electrons. The molecule has 90 valence electrons. The second-order valence-corrected chi connectivity index (χ2v) is 5.52. The third-order valence-corrected chi connectivity index (χ3v) is 3.99. The van der Waals surface area contributed by atoms with Gasteiger partial charge in [0.2, 0.25) is 0 Å². The number of rotatable bonds is 2. The zero-order chi connectivity index (χ0) is 12.5. The number of thiazole rings is 1. The highest BCUT2D eigenvalue weighted by atomic mass is 32.1. The third kappa shape index (κ3) is 1.92. The minimum atomic E-state index is -0.595. The lowest BCUT2D eigenvalue weighted by molar-refractivity contribution is 0.225. The molecule has 18 heavy (non-hydrogen) atoms. The van der Waals surface area contributed by atoms with Crippen LogP contribution in [0.15, 0.2) is 48.7 Å². The fraction of sp³-hybridized carbons (Fsp3) is 0.133. The first-order valence-corrected chi connectivity index (χ1v) is 6.65. The Morgan fingerprint density at radius 3 is 2.67 bits per heavy atom. The predicted octanol–water partition coefficient (Wildman–Crippen LogP) is 3.69. The van der Waals surface area contributed by atoms with Crippen LogP contribution in [0.5, 0.6) is 0 Å². The lowest BCUT2D eigenvalue weighted by Gasteiger charge is -2.11. The topological polar surface area (TPSA) is 33.1 Å². The van der Waals surface area contributed by atoms with E-state index in [0.29, 0.717) is 0 Å². The zero-order valence-electron chi connectivity index (χ0n) is 10.00. The van der Waals surface area contributed by atoms with Gasteiger partial charge in [0.05, 0.1) is 9.88 Å². The largest absolute Gasteiger partial charge is 0.383 e. The van der Waals surface area contributed by atoms with E-state index < -0.39 is 6.10 Å². The van der Waals surface area contributed by atoms with Gasteiger partial charge in [-0.3, -0.25) is 0 Å². The molecule has 2 aromatic carbocycles. The van der Waals surface area contributed by atoms with Gasteiger partial charge in [0.1, 0.15) is 6.10 Å². The van der Waals surface area contributed by atoms with Crippen LogP contribution in [0.1, 0.15) is 21.6 Å². The van der Waals surface area contributed by atoms with Crippen LogP contribution >= 0.6 is 11.3 Å². The molecule has 2 nitrogen and oxygen atoms in total. The van der Waals surface area contributed by atoms with E-state index in [0.717, 1.165) is 26.2 Å². The molecule has 0 spiro atoms. The molecule has 0 amide bonds. The Labute approximate surface area is 110 Å². The van der Waals surface area contributed by atoms with Crippen molar-refractivity contribution in [3.63, 3.8) is 0 Å². The zero-order valence-corrected chi connectivity index (χ0v) is 10.8. The van der Waals surface area contributed by atoms with Gasteiger partial charge in [-0.05, 0) is 23.3 Å². The van der Waals surface area contributed by atoms with Crippen LogP contribution in [-0.2, 0) is 0 Å². The van der Waals surface area contributed by atoms with Crippen LogP contribution in [-0.4, -0.2) is 10.1 Å². The van der Waals surface area contributed by atoms with E-state index in [1.54, 1.807) is 6.20 Å². The smallest absolute Gasteiger partial charge is 0.115 e. The van der Waals surface area contributed by atoms with Crippen LogP contribution < -0.4 is 0 Å². The number of aryl methyl sites for hydroxylation is 1. The Hall–Kier alpha value is -1.71. The van der Waals surface area contributed by atoms with Gasteiger partial charge in [-0.15, -0.1) is 11.3 Å². The highest BCUT2D eigenvalue weighted by Crippen LogP contribution is 2.31. The number of benzene rings is 2. The van der Waals surface area contributed by atoms with E-state index in [4.69, 9.17) is 0 Å². The van der Waals surface area contributed by atoms with Crippen LogP contribution in [0.25, 0.3) is 10.8 Å². The summed E-state index contributed by atoms with van der Waals surface area (Å²) in [5.74, 6) is 0. The van der Waals surface area contributed by atoms with Gasteiger partial charge in [0.15, 0.2) is 0 Å². The van der Waals surface area contributed by atoms with E-state index >= 15 is 0 Å². The Balaban J connectivity index is 2.14. The number of nitrogens with zero attached hydrogens (tertiary/aromatic N) is 1. The van der Waals surface area contributed by atoms with Crippen LogP contribution in [0.3, 0.4) is 0 Å². The van der Waals surface area contributed by atoms with Gasteiger partial charge in [-0.1, -0.05) is 42.5 Å². The van der Waals surface area contributed by atoms with Crippen molar-refractivity contribution in [2.75, 3.05) is 0 Å². The molecular formula is C15H13NOS. The predicted molar refractivity (Wildman–Crippen MR) is 74.9 cm³/mol. The van der Waals surface area contributed by atoms with Crippen LogP contribution in [0.4, 0.5) is 0 Å². The van der Waals surface area contributed by atoms with Crippen molar-refractivity contribution in [2.24, 2.45) is 0 Å². The van der Waals surface area contributed by atoms with E-state index in [1.165, 1.54) is 11.3 Å². The molecule has 1 unspecified atom stereocenters. The Kier molecular flexibility index (Phi) is 2.86. The van der Waals surface area contributed by atoms with Gasteiger partial charge in [0.25, 0.3) is 0 Å². The quantitative estimate of drug-likeness (QED) is 0.757. The fourth-order valence-corrected chi connectivity index (χ4v) is 2.94. The molecule has 0 bridgehead atoms. The molecule has 3 heteroatoms. The van der Waals surface area contributed by atoms with Gasteiger partial charge in [0, 0.05) is 6.20 Å². The molecule has 0 fully saturated rings. The van der Waals surface area contributed by atoms with Gasteiger partial charge in [-0.2, -0.15) is 0 Å². The van der Waals surface area contributed by atoms with Gasteiger partial charge in [-0.25, -0.2) is 4.98 Å². The molecule has 1 atom stereocenters. The van der Waals surface area contributed by atoms with Crippen molar-refractivity contribution < 1.29 is 5.11 Å². The lowest BCUT2D eigenvalue weighted by atomic mass is 10.00. The van der Waals surface area contributed by atoms with E-state index in [2.05, 4.69) is 17.1 Å². The summed E-state index contributed by atoms with van der Waals surface area (Å²) in [6, 6.07) is 14.1. The van der Waals surface area contributed by atoms with Crippen LogP contribution in [0, 0.1) is 6.92 Å². The molecular weight excluding hydrogens is 242 g/mol. The SMILES string of the molecule is Cc1ncc(C(O)c2cccc3ccccc23)s1. The number of hydrogen-bond donors (Lipinski definition) is 1. The number of hydrogen-bond acceptors (Lipinski definition) is 3. The fourth-order valence-electron chi connectivity index (χ4n) is 2.15. The number of aliphatic hydroxyl groups is 1. The summed E-state index contributed by atoms with van der Waals surface area (Å²) < 4.78 is 0. The minimum absolute atomic E-state index is 0.595. The van der Waals surface area contributed by atoms with Crippen molar-refractivity contribution >= 4 is 22.1 Å². The van der Waals surface area contributed by atoms with Crippen molar-refractivity contribution in [3.05, 3.63) is 64.1 Å². The monoisotopic (exact) mass is 255 g/mol. The molecule has 1 N–H and O–H groups in total. The molecule has 1 aromatic heterocycles. The summed E-state index contributed by atoms with van der Waals surface area (Å²) in [5.41, 5.74) is 0.941. The minimum Gasteiger partial charge on any atom is -0.383 e. The Morgan fingerprint density at radius 2 is 1.89 bits per heavy atom. The van der Waals surface area contributed by atoms with Gasteiger partial charge < -0.3 is 5.11 Å². The second-order valence-electron chi connectivity index (χ2n) is 4.25. The number of aliphatic hydroxyl groups excluding tert-OH is 1. The summed E-state index contributed by atoms with van der Waals surface area (Å²) in [4.78, 5) is 5.09. The molecule has 0 aliphatic heterocycles. The summed E-state index contributed by atoms with van der Waals surface area (Å²) in [6.45, 7) is 1.95. The number of aromatic nitrogens is 1. The molecule has 0 aliphatic rings. The summed E-state index contributed by atoms with van der Waals surface area (Å²) in [6.07, 6.45) is 1.16. The average Bonchev–Trinajstić information content (AvgIpc) is 2.84. The molecule has 3 aromatic rings. The molecule has 1 heterocycles. The lowest BCUT2D eigenvalue weighted by Crippen LogP contribution is -1.97. The normalized spacial score (nSPS) is 12.8. The van der Waals surface area contributed by atoms with Gasteiger partial charge >= 0.3 is 0 Å². The van der Waals surface area contributed by atoms with E-state index in [1.807, 2.05) is 37.3 Å². The summed E-state index contributed by atoms with van der Waals surface area (Å²) in [7, 11) is 0. The highest BCUT2D eigenvalue weighted by molar-refractivity contribution is 7.11. The molecule has 0 saturated heterocycles. The molecule has 0 aliphatic carbocycles. The maximum atomic E-state index is 10.5. The Bertz CT molecular complexity index is 684. The maximum absolute atomic E-state index is 10.5. The first-order chi connectivity index (χ1) is 8.75. The maximum Gasteiger partial charge on any atom is 0.115 e. The first-order valence-electron chi connectivity index (χ1n) is 5.84. The number of fused-ring (bicyclic) bond motifs is 1. The third-order valence-electron chi connectivity index (χ3n) is 3.03. The Morgan fingerprint density at radius 1 is 1.11 bits per heavy atom.